The van der Waals surface area contributed by atoms with E-state index in [2.05, 4.69) is 23.4 Å². The van der Waals surface area contributed by atoms with Gasteiger partial charge in [-0.15, -0.1) is 0 Å². The summed E-state index contributed by atoms with van der Waals surface area (Å²) in [6.45, 7) is 6.30. The molecule has 0 aliphatic carbocycles. The van der Waals surface area contributed by atoms with Gasteiger partial charge in [0.25, 0.3) is 0 Å². The van der Waals surface area contributed by atoms with Gasteiger partial charge < -0.3 is 5.11 Å². The second-order valence-corrected chi connectivity index (χ2v) is 2.61. The standard InChI is InChI=1S/C8H6ClFN2O/c1-11-6-5(10)3-4(9)8(13)7(6)12-2/h3,13H,1-2H2. The Hall–Kier alpha value is -1.42. The third-order valence-electron chi connectivity index (χ3n) is 1.47. The van der Waals surface area contributed by atoms with Gasteiger partial charge >= 0.3 is 0 Å². The van der Waals surface area contributed by atoms with Crippen LogP contribution in [0, 0.1) is 5.82 Å². The van der Waals surface area contributed by atoms with Crippen LogP contribution in [0.5, 0.6) is 5.75 Å². The number of halogens is 2. The topological polar surface area (TPSA) is 45.0 Å². The van der Waals surface area contributed by atoms with E-state index in [0.29, 0.717) is 0 Å². The Morgan fingerprint density at radius 3 is 2.31 bits per heavy atom. The molecule has 0 atom stereocenters. The van der Waals surface area contributed by atoms with Crippen LogP contribution in [0.15, 0.2) is 16.1 Å². The summed E-state index contributed by atoms with van der Waals surface area (Å²) in [5.41, 5.74) is -0.253. The van der Waals surface area contributed by atoms with Gasteiger partial charge in [-0.25, -0.2) is 4.39 Å². The van der Waals surface area contributed by atoms with Crippen molar-refractivity contribution in [1.29, 1.82) is 0 Å². The number of hydrogen-bond donors (Lipinski definition) is 1. The number of aliphatic imine (C=N–C) groups is 2. The lowest BCUT2D eigenvalue weighted by atomic mass is 10.2. The van der Waals surface area contributed by atoms with Crippen LogP contribution in [0.1, 0.15) is 0 Å². The van der Waals surface area contributed by atoms with E-state index < -0.39 is 5.82 Å². The molecule has 0 saturated carbocycles. The van der Waals surface area contributed by atoms with Crippen LogP contribution in [0.2, 0.25) is 5.02 Å². The number of benzene rings is 1. The van der Waals surface area contributed by atoms with Gasteiger partial charge in [-0.3, -0.25) is 9.98 Å². The smallest absolute Gasteiger partial charge is 0.162 e. The maximum Gasteiger partial charge on any atom is 0.162 e. The van der Waals surface area contributed by atoms with Gasteiger partial charge in [0.15, 0.2) is 11.6 Å². The van der Waals surface area contributed by atoms with Gasteiger partial charge in [0.2, 0.25) is 0 Å². The normalized spacial score (nSPS) is 9.69. The minimum Gasteiger partial charge on any atom is -0.504 e. The van der Waals surface area contributed by atoms with E-state index in [1.54, 1.807) is 0 Å². The highest BCUT2D eigenvalue weighted by molar-refractivity contribution is 6.32. The Morgan fingerprint density at radius 2 is 1.85 bits per heavy atom. The van der Waals surface area contributed by atoms with E-state index in [4.69, 9.17) is 11.6 Å². The van der Waals surface area contributed by atoms with E-state index in [1.807, 2.05) is 0 Å². The lowest BCUT2D eigenvalue weighted by Gasteiger charge is -2.05. The van der Waals surface area contributed by atoms with Gasteiger partial charge in [0.1, 0.15) is 11.4 Å². The second-order valence-electron chi connectivity index (χ2n) is 2.20. The Kier molecular flexibility index (Phi) is 2.63. The summed E-state index contributed by atoms with van der Waals surface area (Å²) in [5.74, 6) is -1.04. The Labute approximate surface area is 79.2 Å². The Bertz CT molecular complexity index is 379. The molecular weight excluding hydrogens is 195 g/mol. The first kappa shape index (κ1) is 9.67. The van der Waals surface area contributed by atoms with Gasteiger partial charge in [-0.05, 0) is 19.5 Å². The monoisotopic (exact) mass is 200 g/mol. The zero-order valence-corrected chi connectivity index (χ0v) is 7.35. The van der Waals surface area contributed by atoms with Crippen molar-refractivity contribution in [2.45, 2.75) is 0 Å². The molecule has 0 aromatic heterocycles. The zero-order chi connectivity index (χ0) is 10.0. The SMILES string of the molecule is C=Nc1c(F)cc(Cl)c(O)c1N=C. The van der Waals surface area contributed by atoms with Crippen molar-refractivity contribution in [3.05, 3.63) is 16.9 Å². The quantitative estimate of drug-likeness (QED) is 0.733. The van der Waals surface area contributed by atoms with Crippen molar-refractivity contribution in [1.82, 2.24) is 0 Å². The third-order valence-corrected chi connectivity index (χ3v) is 1.76. The van der Waals surface area contributed by atoms with Crippen molar-refractivity contribution in [3.63, 3.8) is 0 Å². The first-order valence-electron chi connectivity index (χ1n) is 3.26. The van der Waals surface area contributed by atoms with Gasteiger partial charge in [0.05, 0.1) is 5.02 Å². The molecule has 68 valence electrons. The molecule has 13 heavy (non-hydrogen) atoms. The van der Waals surface area contributed by atoms with Gasteiger partial charge in [0, 0.05) is 0 Å². The van der Waals surface area contributed by atoms with Crippen molar-refractivity contribution in [2.24, 2.45) is 9.98 Å². The highest BCUT2D eigenvalue weighted by Crippen LogP contribution is 2.43. The maximum atomic E-state index is 13.1. The van der Waals surface area contributed by atoms with E-state index in [-0.39, 0.29) is 22.1 Å². The molecule has 0 amide bonds. The predicted molar refractivity (Wildman–Crippen MR) is 51.5 cm³/mol. The molecule has 0 aliphatic rings. The summed E-state index contributed by atoms with van der Waals surface area (Å²) >= 11 is 5.49. The van der Waals surface area contributed by atoms with E-state index in [9.17, 15) is 9.50 Å². The molecule has 0 saturated heterocycles. The summed E-state index contributed by atoms with van der Waals surface area (Å²) < 4.78 is 13.1. The highest BCUT2D eigenvalue weighted by atomic mass is 35.5. The molecule has 5 heteroatoms. The fourth-order valence-corrected chi connectivity index (χ4v) is 1.07. The number of aromatic hydroxyl groups is 1. The number of hydrogen-bond acceptors (Lipinski definition) is 3. The molecule has 1 aromatic rings. The molecule has 0 spiro atoms. The molecule has 0 radical (unpaired) electrons. The molecule has 0 bridgehead atoms. The van der Waals surface area contributed by atoms with Crippen LogP contribution < -0.4 is 0 Å². The summed E-state index contributed by atoms with van der Waals surface area (Å²) in [4.78, 5) is 6.77. The molecule has 3 nitrogen and oxygen atoms in total. The van der Waals surface area contributed by atoms with Crippen LogP contribution in [-0.2, 0) is 0 Å². The van der Waals surface area contributed by atoms with Crippen LogP contribution in [-0.4, -0.2) is 18.5 Å². The molecule has 1 aromatic carbocycles. The van der Waals surface area contributed by atoms with Crippen molar-refractivity contribution >= 4 is 36.4 Å². The first-order chi connectivity index (χ1) is 6.11. The minimum absolute atomic E-state index is 0.0972. The van der Waals surface area contributed by atoms with Crippen LogP contribution in [0.3, 0.4) is 0 Å². The number of phenolic OH excluding ortho intramolecular Hbond substituents is 1. The van der Waals surface area contributed by atoms with Crippen LogP contribution in [0.4, 0.5) is 15.8 Å². The van der Waals surface area contributed by atoms with Crippen molar-refractivity contribution < 1.29 is 9.50 Å². The largest absolute Gasteiger partial charge is 0.504 e. The molecule has 0 unspecified atom stereocenters. The average molecular weight is 201 g/mol. The van der Waals surface area contributed by atoms with Gasteiger partial charge in [-0.1, -0.05) is 11.6 Å². The fraction of sp³-hybridized carbons (Fsp3) is 0. The fourth-order valence-electron chi connectivity index (χ4n) is 0.887. The van der Waals surface area contributed by atoms with Crippen molar-refractivity contribution in [3.8, 4) is 5.75 Å². The number of phenols is 1. The van der Waals surface area contributed by atoms with E-state index >= 15 is 0 Å². The van der Waals surface area contributed by atoms with Crippen molar-refractivity contribution in [2.75, 3.05) is 0 Å². The van der Waals surface area contributed by atoms with Crippen LogP contribution in [0.25, 0.3) is 0 Å². The summed E-state index contributed by atoms with van der Waals surface area (Å²) in [6, 6.07) is 0.940. The Balaban J connectivity index is 3.59. The first-order valence-corrected chi connectivity index (χ1v) is 3.64. The Morgan fingerprint density at radius 1 is 1.31 bits per heavy atom. The van der Waals surface area contributed by atoms with Gasteiger partial charge in [-0.2, -0.15) is 0 Å². The molecular formula is C8H6ClFN2O. The zero-order valence-electron chi connectivity index (χ0n) is 6.59. The predicted octanol–water partition coefficient (Wildman–Crippen LogP) is 2.85. The number of rotatable bonds is 2. The highest BCUT2D eigenvalue weighted by Gasteiger charge is 2.14. The summed E-state index contributed by atoms with van der Waals surface area (Å²) in [7, 11) is 0. The lowest BCUT2D eigenvalue weighted by Crippen LogP contribution is -1.79. The molecule has 0 fully saturated rings. The average Bonchev–Trinajstić information content (AvgIpc) is 2.10. The summed E-state index contributed by atoms with van der Waals surface area (Å²) in [6.07, 6.45) is 0. The van der Waals surface area contributed by atoms with E-state index in [1.165, 1.54) is 0 Å². The second kappa shape index (κ2) is 3.53. The van der Waals surface area contributed by atoms with E-state index in [0.717, 1.165) is 6.07 Å². The number of nitrogens with zero attached hydrogens (tertiary/aromatic N) is 2. The maximum absolute atomic E-state index is 13.1. The third kappa shape index (κ3) is 1.53. The van der Waals surface area contributed by atoms with Crippen LogP contribution >= 0.6 is 11.6 Å². The minimum atomic E-state index is -0.694. The summed E-state index contributed by atoms with van der Waals surface area (Å²) in [5, 5.41) is 9.18. The molecule has 0 heterocycles. The molecule has 1 rings (SSSR count). The molecule has 1 N–H and O–H groups in total. The molecule has 0 aliphatic heterocycles. The lowest BCUT2D eigenvalue weighted by molar-refractivity contribution is 0.475.